The van der Waals surface area contributed by atoms with Gasteiger partial charge in [0.05, 0.1) is 28.2 Å². The molecule has 0 amide bonds. The fraction of sp³-hybridized carbons (Fsp3) is 0.0833. The van der Waals surface area contributed by atoms with Crippen molar-refractivity contribution in [3.63, 3.8) is 0 Å². The Labute approximate surface area is 101 Å². The van der Waals surface area contributed by atoms with Crippen LogP contribution in [0.1, 0.15) is 10.4 Å². The highest BCUT2D eigenvalue weighted by Gasteiger charge is 2.13. The summed E-state index contributed by atoms with van der Waals surface area (Å²) in [4.78, 5) is 14.9. The Hall–Kier alpha value is -2.50. The van der Waals surface area contributed by atoms with Crippen LogP contribution in [-0.4, -0.2) is 21.1 Å². The fourth-order valence-corrected chi connectivity index (χ4v) is 2.09. The van der Waals surface area contributed by atoms with Gasteiger partial charge in [0.15, 0.2) is 6.29 Å². The molecule has 3 rings (SSSR count). The Balaban J connectivity index is 2.59. The Bertz CT molecular complexity index is 794. The summed E-state index contributed by atoms with van der Waals surface area (Å²) in [6.07, 6.45) is 2.08. The minimum Gasteiger partial charge on any atom is -0.383 e. The number of benzene rings is 1. The first-order chi connectivity index (χ1) is 8.61. The summed E-state index contributed by atoms with van der Waals surface area (Å²) < 4.78 is 15.2. The summed E-state index contributed by atoms with van der Waals surface area (Å²) in [5, 5.41) is 5.44. The number of nitrogen functional groups attached to an aromatic ring is 1. The van der Waals surface area contributed by atoms with Crippen molar-refractivity contribution in [1.82, 2.24) is 14.8 Å². The van der Waals surface area contributed by atoms with Crippen molar-refractivity contribution in [2.75, 3.05) is 5.73 Å². The lowest BCUT2D eigenvalue weighted by atomic mass is 10.1. The molecule has 6 heteroatoms. The molecular weight excluding hydrogens is 235 g/mol. The standard InChI is InChI=1S/C12H9FN4O/c1-17-11-7-2-6(5-18)9(13)3-10(7)16-12(14)8(11)4-15-17/h2-5H,1H3,(H2,14,16). The third-order valence-electron chi connectivity index (χ3n) is 2.95. The van der Waals surface area contributed by atoms with E-state index in [0.29, 0.717) is 28.4 Å². The second-order valence-electron chi connectivity index (χ2n) is 4.04. The number of hydrogen-bond acceptors (Lipinski definition) is 4. The molecular formula is C12H9FN4O. The molecule has 0 radical (unpaired) electrons. The second kappa shape index (κ2) is 3.49. The van der Waals surface area contributed by atoms with Crippen LogP contribution in [0.2, 0.25) is 0 Å². The highest BCUT2D eigenvalue weighted by Crippen LogP contribution is 2.28. The average molecular weight is 244 g/mol. The number of aldehydes is 1. The molecule has 0 spiro atoms. The number of aryl methyl sites for hydroxylation is 1. The van der Waals surface area contributed by atoms with Crippen LogP contribution >= 0.6 is 0 Å². The van der Waals surface area contributed by atoms with E-state index in [0.717, 1.165) is 5.52 Å². The summed E-state index contributed by atoms with van der Waals surface area (Å²) >= 11 is 0. The van der Waals surface area contributed by atoms with Crippen LogP contribution in [0.15, 0.2) is 18.3 Å². The number of nitrogens with zero attached hydrogens (tertiary/aromatic N) is 3. The van der Waals surface area contributed by atoms with Crippen molar-refractivity contribution in [1.29, 1.82) is 0 Å². The lowest BCUT2D eigenvalue weighted by Gasteiger charge is -2.05. The molecule has 0 saturated carbocycles. The van der Waals surface area contributed by atoms with E-state index in [-0.39, 0.29) is 5.56 Å². The molecule has 0 unspecified atom stereocenters. The van der Waals surface area contributed by atoms with Gasteiger partial charge in [0, 0.05) is 18.5 Å². The first-order valence-electron chi connectivity index (χ1n) is 5.27. The van der Waals surface area contributed by atoms with Gasteiger partial charge in [0.25, 0.3) is 0 Å². The number of fused-ring (bicyclic) bond motifs is 3. The molecule has 0 aliphatic rings. The Morgan fingerprint density at radius 3 is 2.89 bits per heavy atom. The molecule has 18 heavy (non-hydrogen) atoms. The number of hydrogen-bond donors (Lipinski definition) is 1. The van der Waals surface area contributed by atoms with E-state index in [4.69, 9.17) is 5.73 Å². The Morgan fingerprint density at radius 2 is 2.17 bits per heavy atom. The molecule has 0 atom stereocenters. The molecule has 1 aromatic carbocycles. The van der Waals surface area contributed by atoms with E-state index < -0.39 is 5.82 Å². The summed E-state index contributed by atoms with van der Waals surface area (Å²) in [6, 6.07) is 2.68. The first kappa shape index (κ1) is 10.6. The molecule has 0 fully saturated rings. The normalized spacial score (nSPS) is 11.2. The van der Waals surface area contributed by atoms with E-state index in [2.05, 4.69) is 10.1 Å². The van der Waals surface area contributed by atoms with Crippen LogP contribution in [-0.2, 0) is 7.05 Å². The first-order valence-corrected chi connectivity index (χ1v) is 5.27. The Kier molecular flexibility index (Phi) is 2.07. The number of carbonyl (C=O) groups excluding carboxylic acids is 1. The summed E-state index contributed by atoms with van der Waals surface area (Å²) in [7, 11) is 1.76. The maximum atomic E-state index is 13.5. The van der Waals surface area contributed by atoms with Gasteiger partial charge in [-0.25, -0.2) is 9.37 Å². The predicted molar refractivity (Wildman–Crippen MR) is 65.8 cm³/mol. The highest BCUT2D eigenvalue weighted by molar-refractivity contribution is 6.08. The third kappa shape index (κ3) is 1.29. The molecule has 2 heterocycles. The predicted octanol–water partition coefficient (Wildman–Crippen LogP) is 1.66. The largest absolute Gasteiger partial charge is 0.383 e. The number of halogens is 1. The summed E-state index contributed by atoms with van der Waals surface area (Å²) in [5.74, 6) is -0.310. The summed E-state index contributed by atoms with van der Waals surface area (Å²) in [6.45, 7) is 0. The molecule has 90 valence electrons. The van der Waals surface area contributed by atoms with Crippen LogP contribution in [0.4, 0.5) is 10.2 Å². The van der Waals surface area contributed by atoms with Crippen molar-refractivity contribution >= 4 is 33.9 Å². The van der Waals surface area contributed by atoms with Gasteiger partial charge in [-0.3, -0.25) is 9.48 Å². The topological polar surface area (TPSA) is 73.8 Å². The lowest BCUT2D eigenvalue weighted by Crippen LogP contribution is -1.97. The number of rotatable bonds is 1. The van der Waals surface area contributed by atoms with E-state index in [1.165, 1.54) is 12.1 Å². The van der Waals surface area contributed by atoms with Crippen molar-refractivity contribution in [2.24, 2.45) is 7.05 Å². The van der Waals surface area contributed by atoms with Crippen LogP contribution in [0.5, 0.6) is 0 Å². The van der Waals surface area contributed by atoms with Crippen molar-refractivity contribution in [3.8, 4) is 0 Å². The minimum atomic E-state index is -0.606. The SMILES string of the molecule is Cn1ncc2c(N)nc3cc(F)c(C=O)cc3c21. The average Bonchev–Trinajstić information content (AvgIpc) is 2.72. The number of carbonyl (C=O) groups is 1. The van der Waals surface area contributed by atoms with Gasteiger partial charge >= 0.3 is 0 Å². The van der Waals surface area contributed by atoms with E-state index in [1.807, 2.05) is 0 Å². The third-order valence-corrected chi connectivity index (χ3v) is 2.95. The molecule has 0 saturated heterocycles. The zero-order chi connectivity index (χ0) is 12.9. The zero-order valence-corrected chi connectivity index (χ0v) is 9.51. The van der Waals surface area contributed by atoms with E-state index in [9.17, 15) is 9.18 Å². The molecule has 3 aromatic rings. The molecule has 2 aromatic heterocycles. The van der Waals surface area contributed by atoms with Gasteiger partial charge < -0.3 is 5.73 Å². The lowest BCUT2D eigenvalue weighted by molar-refractivity contribution is 0.112. The van der Waals surface area contributed by atoms with E-state index >= 15 is 0 Å². The number of pyridine rings is 1. The molecule has 5 nitrogen and oxygen atoms in total. The zero-order valence-electron chi connectivity index (χ0n) is 9.51. The van der Waals surface area contributed by atoms with Crippen molar-refractivity contribution < 1.29 is 9.18 Å². The van der Waals surface area contributed by atoms with Crippen LogP contribution in [0, 0.1) is 5.82 Å². The molecule has 0 bridgehead atoms. The maximum Gasteiger partial charge on any atom is 0.153 e. The quantitative estimate of drug-likeness (QED) is 0.660. The maximum absolute atomic E-state index is 13.5. The smallest absolute Gasteiger partial charge is 0.153 e. The van der Waals surface area contributed by atoms with Gasteiger partial charge in [-0.05, 0) is 6.07 Å². The van der Waals surface area contributed by atoms with Crippen LogP contribution in [0.3, 0.4) is 0 Å². The van der Waals surface area contributed by atoms with Gasteiger partial charge in [-0.1, -0.05) is 0 Å². The fourth-order valence-electron chi connectivity index (χ4n) is 2.09. The second-order valence-corrected chi connectivity index (χ2v) is 4.04. The van der Waals surface area contributed by atoms with Crippen LogP contribution < -0.4 is 5.73 Å². The van der Waals surface area contributed by atoms with Crippen LogP contribution in [0.25, 0.3) is 21.8 Å². The number of anilines is 1. The minimum absolute atomic E-state index is 0.00317. The monoisotopic (exact) mass is 244 g/mol. The van der Waals surface area contributed by atoms with Gasteiger partial charge in [0.2, 0.25) is 0 Å². The van der Waals surface area contributed by atoms with Gasteiger partial charge in [-0.15, -0.1) is 0 Å². The Morgan fingerprint density at radius 1 is 1.39 bits per heavy atom. The van der Waals surface area contributed by atoms with Gasteiger partial charge in [-0.2, -0.15) is 5.10 Å². The van der Waals surface area contributed by atoms with Gasteiger partial charge in [0.1, 0.15) is 11.6 Å². The van der Waals surface area contributed by atoms with Crippen molar-refractivity contribution in [3.05, 3.63) is 29.7 Å². The van der Waals surface area contributed by atoms with E-state index in [1.54, 1.807) is 17.9 Å². The summed E-state index contributed by atoms with van der Waals surface area (Å²) in [5.41, 5.74) is 6.94. The number of nitrogens with two attached hydrogens (primary N) is 1. The van der Waals surface area contributed by atoms with Crippen molar-refractivity contribution in [2.45, 2.75) is 0 Å². The molecule has 2 N–H and O–H groups in total. The highest BCUT2D eigenvalue weighted by atomic mass is 19.1. The molecule has 0 aliphatic carbocycles. The number of aromatic nitrogens is 3. The molecule has 0 aliphatic heterocycles.